The Balaban J connectivity index is 1.97. The van der Waals surface area contributed by atoms with E-state index in [4.69, 9.17) is 4.74 Å². The first-order valence-corrected chi connectivity index (χ1v) is 8.21. The van der Waals surface area contributed by atoms with Crippen LogP contribution in [-0.4, -0.2) is 6.61 Å². The van der Waals surface area contributed by atoms with Crippen molar-refractivity contribution in [1.82, 2.24) is 0 Å². The zero-order valence-electron chi connectivity index (χ0n) is 14.5. The van der Waals surface area contributed by atoms with Gasteiger partial charge in [-0.15, -0.1) is 0 Å². The molecule has 0 bridgehead atoms. The second-order valence-corrected chi connectivity index (χ2v) is 6.34. The molecule has 0 aromatic heterocycles. The van der Waals surface area contributed by atoms with E-state index in [9.17, 15) is 5.26 Å². The Morgan fingerprint density at radius 1 is 1.00 bits per heavy atom. The van der Waals surface area contributed by atoms with E-state index in [1.807, 2.05) is 12.1 Å². The molecule has 0 aliphatic heterocycles. The Bertz CT molecular complexity index is 680. The Labute approximate surface area is 139 Å². The van der Waals surface area contributed by atoms with Crippen LogP contribution in [0.15, 0.2) is 42.5 Å². The maximum absolute atomic E-state index is 9.45. The molecule has 0 saturated carbocycles. The van der Waals surface area contributed by atoms with Gasteiger partial charge in [0.25, 0.3) is 0 Å². The molecule has 1 unspecified atom stereocenters. The Morgan fingerprint density at radius 2 is 1.65 bits per heavy atom. The summed E-state index contributed by atoms with van der Waals surface area (Å²) in [6.07, 6.45) is 0.699. The van der Waals surface area contributed by atoms with Gasteiger partial charge < -0.3 is 4.74 Å². The molecule has 2 aromatic rings. The molecule has 0 radical (unpaired) electrons. The predicted octanol–water partition coefficient (Wildman–Crippen LogP) is 5.50. The summed E-state index contributed by atoms with van der Waals surface area (Å²) < 4.78 is 5.88. The van der Waals surface area contributed by atoms with E-state index in [1.165, 1.54) is 16.7 Å². The van der Waals surface area contributed by atoms with Crippen molar-refractivity contribution in [3.05, 3.63) is 64.7 Å². The van der Waals surface area contributed by atoms with Crippen molar-refractivity contribution in [2.24, 2.45) is 0 Å². The zero-order chi connectivity index (χ0) is 16.8. The van der Waals surface area contributed by atoms with Gasteiger partial charge >= 0.3 is 0 Å². The zero-order valence-corrected chi connectivity index (χ0v) is 14.5. The van der Waals surface area contributed by atoms with E-state index in [2.05, 4.69) is 64.1 Å². The van der Waals surface area contributed by atoms with Crippen LogP contribution in [-0.2, 0) is 0 Å². The smallest absolute Gasteiger partial charge is 0.122 e. The third-order valence-electron chi connectivity index (χ3n) is 4.38. The number of ether oxygens (including phenoxy) is 1. The summed E-state index contributed by atoms with van der Waals surface area (Å²) in [4.78, 5) is 0. The highest BCUT2D eigenvalue weighted by Gasteiger charge is 2.12. The van der Waals surface area contributed by atoms with E-state index < -0.39 is 0 Å². The lowest BCUT2D eigenvalue weighted by Gasteiger charge is -2.14. The first-order valence-electron chi connectivity index (χ1n) is 8.21. The van der Waals surface area contributed by atoms with Crippen molar-refractivity contribution in [3.8, 4) is 11.8 Å². The van der Waals surface area contributed by atoms with Crippen LogP contribution in [0.3, 0.4) is 0 Å². The highest BCUT2D eigenvalue weighted by atomic mass is 16.5. The third kappa shape index (κ3) is 4.36. The summed E-state index contributed by atoms with van der Waals surface area (Å²) in [5.41, 5.74) is 4.77. The van der Waals surface area contributed by atoms with E-state index in [0.717, 1.165) is 11.3 Å². The van der Waals surface area contributed by atoms with Crippen molar-refractivity contribution in [2.75, 3.05) is 6.61 Å². The number of hydrogen-bond acceptors (Lipinski definition) is 2. The van der Waals surface area contributed by atoms with E-state index in [0.29, 0.717) is 18.9 Å². The van der Waals surface area contributed by atoms with Gasteiger partial charge in [0, 0.05) is 6.42 Å². The van der Waals surface area contributed by atoms with E-state index in [1.54, 1.807) is 0 Å². The quantitative estimate of drug-likeness (QED) is 0.705. The average Bonchev–Trinajstić information content (AvgIpc) is 2.55. The molecule has 2 nitrogen and oxygen atoms in total. The highest BCUT2D eigenvalue weighted by Crippen LogP contribution is 2.24. The summed E-state index contributed by atoms with van der Waals surface area (Å²) >= 11 is 0. The summed E-state index contributed by atoms with van der Waals surface area (Å²) in [5.74, 6) is 1.30. The Morgan fingerprint density at radius 3 is 2.26 bits per heavy atom. The fraction of sp³-hybridized carbons (Fsp3) is 0.381. The summed E-state index contributed by atoms with van der Waals surface area (Å²) in [6, 6.07) is 16.9. The van der Waals surface area contributed by atoms with Crippen molar-refractivity contribution >= 4 is 0 Å². The van der Waals surface area contributed by atoms with Crippen LogP contribution in [0.2, 0.25) is 0 Å². The summed E-state index contributed by atoms with van der Waals surface area (Å²) in [5, 5.41) is 9.45. The molecule has 0 aliphatic carbocycles. The molecule has 2 rings (SSSR count). The molecule has 1 atom stereocenters. The molecular weight excluding hydrogens is 282 g/mol. The minimum atomic E-state index is -0.124. The van der Waals surface area contributed by atoms with Gasteiger partial charge in [-0.05, 0) is 48.1 Å². The molecule has 0 saturated heterocycles. The lowest BCUT2D eigenvalue weighted by molar-refractivity contribution is 0.304. The fourth-order valence-corrected chi connectivity index (χ4v) is 2.59. The number of benzene rings is 2. The van der Waals surface area contributed by atoms with Gasteiger partial charge in [0.2, 0.25) is 0 Å². The maximum atomic E-state index is 9.45. The molecular formula is C21H25NO. The average molecular weight is 307 g/mol. The molecule has 2 heteroatoms. The Hall–Kier alpha value is -2.27. The molecule has 2 aromatic carbocycles. The summed E-state index contributed by atoms with van der Waals surface area (Å²) in [6.45, 7) is 9.05. The largest absolute Gasteiger partial charge is 0.493 e. The van der Waals surface area contributed by atoms with Crippen LogP contribution in [0.1, 0.15) is 54.4 Å². The molecule has 120 valence electrons. The van der Waals surface area contributed by atoms with Crippen LogP contribution in [0.4, 0.5) is 0 Å². The van der Waals surface area contributed by atoms with Gasteiger partial charge in [-0.25, -0.2) is 0 Å². The number of hydrogen-bond donors (Lipinski definition) is 0. The molecule has 23 heavy (non-hydrogen) atoms. The van der Waals surface area contributed by atoms with Gasteiger partial charge in [-0.1, -0.05) is 50.2 Å². The molecule has 0 spiro atoms. The van der Waals surface area contributed by atoms with Crippen LogP contribution >= 0.6 is 0 Å². The van der Waals surface area contributed by atoms with Crippen LogP contribution < -0.4 is 4.74 Å². The van der Waals surface area contributed by atoms with Gasteiger partial charge in [-0.3, -0.25) is 0 Å². The second kappa shape index (κ2) is 7.83. The number of aryl methyl sites for hydroxylation is 1. The first kappa shape index (κ1) is 17.1. The second-order valence-electron chi connectivity index (χ2n) is 6.34. The molecule has 0 amide bonds. The van der Waals surface area contributed by atoms with Crippen molar-refractivity contribution in [2.45, 2.75) is 46.0 Å². The standard InChI is InChI=1S/C21H25NO/c1-15(2)18-8-10-19(11-9-18)20(14-22)12-13-23-21-7-5-6-16(3)17(21)4/h5-11,15,20H,12-13H2,1-4H3. The minimum absolute atomic E-state index is 0.124. The van der Waals surface area contributed by atoms with Crippen molar-refractivity contribution < 1.29 is 4.74 Å². The minimum Gasteiger partial charge on any atom is -0.493 e. The number of nitrogens with zero attached hydrogens (tertiary/aromatic N) is 1. The predicted molar refractivity (Wildman–Crippen MR) is 94.9 cm³/mol. The van der Waals surface area contributed by atoms with Gasteiger partial charge in [0.05, 0.1) is 18.6 Å². The van der Waals surface area contributed by atoms with Gasteiger partial charge in [0.1, 0.15) is 5.75 Å². The monoisotopic (exact) mass is 307 g/mol. The van der Waals surface area contributed by atoms with Gasteiger partial charge in [-0.2, -0.15) is 5.26 Å². The summed E-state index contributed by atoms with van der Waals surface area (Å²) in [7, 11) is 0. The molecule has 0 heterocycles. The fourth-order valence-electron chi connectivity index (χ4n) is 2.59. The number of nitriles is 1. The highest BCUT2D eigenvalue weighted by molar-refractivity contribution is 5.38. The lowest BCUT2D eigenvalue weighted by Crippen LogP contribution is -2.05. The van der Waals surface area contributed by atoms with Gasteiger partial charge in [0.15, 0.2) is 0 Å². The Kier molecular flexibility index (Phi) is 5.82. The topological polar surface area (TPSA) is 33.0 Å². The SMILES string of the molecule is Cc1cccc(OCCC(C#N)c2ccc(C(C)C)cc2)c1C. The third-order valence-corrected chi connectivity index (χ3v) is 4.38. The van der Waals surface area contributed by atoms with Crippen LogP contribution in [0.25, 0.3) is 0 Å². The normalized spacial score (nSPS) is 12.0. The number of rotatable bonds is 6. The van der Waals surface area contributed by atoms with Crippen molar-refractivity contribution in [1.29, 1.82) is 5.26 Å². The molecule has 0 aliphatic rings. The molecule has 0 N–H and O–H groups in total. The molecule has 0 fully saturated rings. The maximum Gasteiger partial charge on any atom is 0.122 e. The van der Waals surface area contributed by atoms with E-state index >= 15 is 0 Å². The first-order chi connectivity index (χ1) is 11.0. The van der Waals surface area contributed by atoms with Crippen molar-refractivity contribution in [3.63, 3.8) is 0 Å². The van der Waals surface area contributed by atoms with Crippen LogP contribution in [0.5, 0.6) is 5.75 Å². The van der Waals surface area contributed by atoms with Crippen LogP contribution in [0, 0.1) is 25.2 Å². The van der Waals surface area contributed by atoms with E-state index in [-0.39, 0.29) is 5.92 Å². The lowest BCUT2D eigenvalue weighted by atomic mass is 9.94.